The summed E-state index contributed by atoms with van der Waals surface area (Å²) in [5.41, 5.74) is 7.71. The van der Waals surface area contributed by atoms with Crippen LogP contribution in [0.4, 0.5) is 11.4 Å². The van der Waals surface area contributed by atoms with Crippen LogP contribution < -0.4 is 20.6 Å². The van der Waals surface area contributed by atoms with E-state index in [-0.39, 0.29) is 22.9 Å². The zero-order valence-corrected chi connectivity index (χ0v) is 18.1. The summed E-state index contributed by atoms with van der Waals surface area (Å²) in [5.74, 6) is -1.83. The van der Waals surface area contributed by atoms with Crippen molar-refractivity contribution in [3.05, 3.63) is 36.4 Å². The standard InChI is InChI=1S/C16H17N5O9S2/c1-29-13-7-9(31(23,24)25)3-5-11(13)18-20-16(15(17)22)21-19-12-6-4-10(32(26,27)28)8-14(12)30-2/h3-8,18H,1-2H3,(H2,17,22)(H,23,24,25)(H,26,27,28)/b20-16+,21-19?. The van der Waals surface area contributed by atoms with Crippen molar-refractivity contribution in [3.8, 4) is 11.5 Å². The van der Waals surface area contributed by atoms with Gasteiger partial charge < -0.3 is 15.2 Å². The molecule has 0 aromatic heterocycles. The molecule has 172 valence electrons. The molecule has 2 rings (SSSR count). The Bertz CT molecular complexity index is 1310. The van der Waals surface area contributed by atoms with Gasteiger partial charge in [0, 0.05) is 12.1 Å². The molecule has 5 N–H and O–H groups in total. The van der Waals surface area contributed by atoms with Crippen LogP contribution in [0, 0.1) is 0 Å². The third-order valence-corrected chi connectivity index (χ3v) is 5.37. The summed E-state index contributed by atoms with van der Waals surface area (Å²) in [7, 11) is -6.50. The number of hydrogen-bond acceptors (Lipinski definition) is 10. The van der Waals surface area contributed by atoms with Crippen molar-refractivity contribution in [2.75, 3.05) is 19.6 Å². The number of anilines is 1. The highest BCUT2D eigenvalue weighted by Gasteiger charge is 2.15. The van der Waals surface area contributed by atoms with Crippen molar-refractivity contribution < 1.29 is 40.2 Å². The Morgan fingerprint density at radius 1 is 0.938 bits per heavy atom. The van der Waals surface area contributed by atoms with E-state index in [0.29, 0.717) is 0 Å². The lowest BCUT2D eigenvalue weighted by atomic mass is 10.3. The second-order valence-electron chi connectivity index (χ2n) is 5.76. The Labute approximate surface area is 182 Å². The van der Waals surface area contributed by atoms with Crippen LogP contribution in [0.3, 0.4) is 0 Å². The second kappa shape index (κ2) is 9.69. The average molecular weight is 487 g/mol. The molecular weight excluding hydrogens is 470 g/mol. The van der Waals surface area contributed by atoms with Gasteiger partial charge in [-0.2, -0.15) is 16.8 Å². The van der Waals surface area contributed by atoms with Crippen molar-refractivity contribution in [1.82, 2.24) is 0 Å². The minimum absolute atomic E-state index is 0.0102. The van der Waals surface area contributed by atoms with Gasteiger partial charge in [-0.1, -0.05) is 0 Å². The SMILES string of the molecule is COc1cc(S(=O)(=O)O)ccc1N=N/C(=N/Nc1ccc(S(=O)(=O)O)cc1OC)C(N)=O. The van der Waals surface area contributed by atoms with Crippen LogP contribution in [0.5, 0.6) is 11.5 Å². The monoisotopic (exact) mass is 487 g/mol. The van der Waals surface area contributed by atoms with Crippen molar-refractivity contribution in [2.24, 2.45) is 21.1 Å². The van der Waals surface area contributed by atoms with E-state index >= 15 is 0 Å². The van der Waals surface area contributed by atoms with Crippen LogP contribution in [0.2, 0.25) is 0 Å². The first-order valence-electron chi connectivity index (χ1n) is 8.23. The van der Waals surface area contributed by atoms with E-state index < -0.39 is 41.8 Å². The minimum atomic E-state index is -4.48. The van der Waals surface area contributed by atoms with E-state index in [4.69, 9.17) is 24.3 Å². The number of amides is 1. The first-order chi connectivity index (χ1) is 14.9. The van der Waals surface area contributed by atoms with E-state index in [1.54, 1.807) is 0 Å². The fourth-order valence-electron chi connectivity index (χ4n) is 2.17. The predicted octanol–water partition coefficient (Wildman–Crippen LogP) is 1.19. The molecule has 0 radical (unpaired) electrons. The Balaban J connectivity index is 2.36. The number of nitrogens with zero attached hydrogens (tertiary/aromatic N) is 3. The molecular formula is C16H17N5O9S2. The molecule has 16 heteroatoms. The molecule has 0 spiro atoms. The fraction of sp³-hybridized carbons (Fsp3) is 0.125. The lowest BCUT2D eigenvalue weighted by Gasteiger charge is -2.09. The van der Waals surface area contributed by atoms with Gasteiger partial charge in [-0.3, -0.25) is 19.3 Å². The van der Waals surface area contributed by atoms with Crippen LogP contribution in [-0.4, -0.2) is 51.9 Å². The van der Waals surface area contributed by atoms with Gasteiger partial charge in [-0.05, 0) is 24.3 Å². The third-order valence-electron chi connectivity index (χ3n) is 3.67. The van der Waals surface area contributed by atoms with E-state index in [9.17, 15) is 21.6 Å². The first kappa shape index (κ1) is 24.7. The van der Waals surface area contributed by atoms with Crippen LogP contribution in [-0.2, 0) is 25.0 Å². The van der Waals surface area contributed by atoms with Gasteiger partial charge in [-0.15, -0.1) is 15.3 Å². The fourth-order valence-corrected chi connectivity index (χ4v) is 3.16. The molecule has 0 saturated heterocycles. The number of nitrogens with one attached hydrogen (secondary N) is 1. The lowest BCUT2D eigenvalue weighted by Crippen LogP contribution is -2.22. The summed E-state index contributed by atoms with van der Waals surface area (Å²) in [4.78, 5) is 10.8. The maximum atomic E-state index is 11.6. The zero-order chi connectivity index (χ0) is 24.1. The summed E-state index contributed by atoms with van der Waals surface area (Å²) < 4.78 is 73.1. The van der Waals surface area contributed by atoms with Gasteiger partial charge in [0.1, 0.15) is 17.2 Å². The number of hydrazone groups is 1. The Morgan fingerprint density at radius 2 is 1.47 bits per heavy atom. The van der Waals surface area contributed by atoms with E-state index in [0.717, 1.165) is 30.3 Å². The Hall–Kier alpha value is -3.60. The van der Waals surface area contributed by atoms with Gasteiger partial charge in [-0.25, -0.2) is 0 Å². The lowest BCUT2D eigenvalue weighted by molar-refractivity contribution is -0.112. The molecule has 0 atom stereocenters. The van der Waals surface area contributed by atoms with Gasteiger partial charge in [0.2, 0.25) is 0 Å². The quantitative estimate of drug-likeness (QED) is 0.144. The molecule has 0 saturated carbocycles. The number of methoxy groups -OCH3 is 2. The second-order valence-corrected chi connectivity index (χ2v) is 8.60. The topological polar surface area (TPSA) is 219 Å². The molecule has 0 bridgehead atoms. The molecule has 2 aromatic carbocycles. The van der Waals surface area contributed by atoms with Gasteiger partial charge in [0.05, 0.1) is 29.7 Å². The molecule has 0 aliphatic carbocycles. The largest absolute Gasteiger partial charge is 0.494 e. The van der Waals surface area contributed by atoms with E-state index in [1.807, 2.05) is 0 Å². The summed E-state index contributed by atoms with van der Waals surface area (Å²) in [6, 6.07) is 6.47. The number of rotatable bonds is 7. The Morgan fingerprint density at radius 3 is 1.97 bits per heavy atom. The molecule has 0 aliphatic rings. The van der Waals surface area contributed by atoms with Crippen LogP contribution in [0.15, 0.2) is 61.5 Å². The van der Waals surface area contributed by atoms with Crippen LogP contribution in [0.1, 0.15) is 0 Å². The molecule has 0 fully saturated rings. The molecule has 0 aliphatic heterocycles. The van der Waals surface area contributed by atoms with Crippen molar-refractivity contribution in [3.63, 3.8) is 0 Å². The molecule has 32 heavy (non-hydrogen) atoms. The zero-order valence-electron chi connectivity index (χ0n) is 16.5. The highest BCUT2D eigenvalue weighted by Crippen LogP contribution is 2.30. The van der Waals surface area contributed by atoms with Crippen LogP contribution in [0.25, 0.3) is 0 Å². The van der Waals surface area contributed by atoms with Gasteiger partial charge in [0.25, 0.3) is 32.0 Å². The molecule has 1 amide bonds. The normalized spacial score (nSPS) is 12.6. The number of benzene rings is 2. The highest BCUT2D eigenvalue weighted by molar-refractivity contribution is 7.86. The molecule has 2 aromatic rings. The summed E-state index contributed by atoms with van der Waals surface area (Å²) in [5, 5.41) is 11.0. The number of ether oxygens (including phenoxy) is 2. The Kier molecular flexibility index (Phi) is 7.47. The maximum absolute atomic E-state index is 11.6. The van der Waals surface area contributed by atoms with Crippen molar-refractivity contribution in [1.29, 1.82) is 0 Å². The first-order valence-corrected chi connectivity index (χ1v) is 11.1. The van der Waals surface area contributed by atoms with E-state index in [1.165, 1.54) is 20.3 Å². The summed E-state index contributed by atoms with van der Waals surface area (Å²) in [6.07, 6.45) is 0. The summed E-state index contributed by atoms with van der Waals surface area (Å²) in [6.45, 7) is 0. The molecule has 0 heterocycles. The third kappa shape index (κ3) is 6.20. The number of azo groups is 1. The number of amidine groups is 1. The predicted molar refractivity (Wildman–Crippen MR) is 110 cm³/mol. The van der Waals surface area contributed by atoms with Crippen molar-refractivity contribution >= 4 is 43.4 Å². The number of nitrogens with two attached hydrogens (primary N) is 1. The number of hydrogen-bond donors (Lipinski definition) is 4. The molecule has 0 unspecified atom stereocenters. The van der Waals surface area contributed by atoms with Crippen LogP contribution >= 0.6 is 0 Å². The van der Waals surface area contributed by atoms with Gasteiger partial charge >= 0.3 is 0 Å². The summed E-state index contributed by atoms with van der Waals surface area (Å²) >= 11 is 0. The number of primary amides is 1. The maximum Gasteiger partial charge on any atom is 0.294 e. The highest BCUT2D eigenvalue weighted by atomic mass is 32.2. The molecule has 14 nitrogen and oxygen atoms in total. The van der Waals surface area contributed by atoms with E-state index in [2.05, 4.69) is 20.8 Å². The van der Waals surface area contributed by atoms with Gasteiger partial charge in [0.15, 0.2) is 0 Å². The minimum Gasteiger partial charge on any atom is -0.494 e. The van der Waals surface area contributed by atoms with Crippen molar-refractivity contribution in [2.45, 2.75) is 9.79 Å². The average Bonchev–Trinajstić information content (AvgIpc) is 2.71. The smallest absolute Gasteiger partial charge is 0.294 e. The number of carbonyl (C=O) groups excluding carboxylic acids is 1. The number of carbonyl (C=O) groups is 1.